The molecule has 0 aliphatic carbocycles. The van der Waals surface area contributed by atoms with Gasteiger partial charge in [0.05, 0.1) is 36.6 Å². The van der Waals surface area contributed by atoms with Crippen molar-refractivity contribution < 1.29 is 9.53 Å². The first-order chi connectivity index (χ1) is 14.5. The second kappa shape index (κ2) is 7.91. The van der Waals surface area contributed by atoms with Crippen LogP contribution >= 0.6 is 11.6 Å². The molecule has 0 bridgehead atoms. The molecule has 30 heavy (non-hydrogen) atoms. The lowest BCUT2D eigenvalue weighted by molar-refractivity contribution is 0.0958. The van der Waals surface area contributed by atoms with Crippen molar-refractivity contribution >= 4 is 40.0 Å². The predicted octanol–water partition coefficient (Wildman–Crippen LogP) is 2.59. The number of aryl methyl sites for hydroxylation is 1. The van der Waals surface area contributed by atoms with Gasteiger partial charge in [0.1, 0.15) is 5.52 Å². The second-order valence-corrected chi connectivity index (χ2v) is 6.67. The molecule has 11 heteroatoms. The minimum Gasteiger partial charge on any atom is -0.494 e. The van der Waals surface area contributed by atoms with Gasteiger partial charge >= 0.3 is 0 Å². The number of nitrogens with zero attached hydrogens (tertiary/aromatic N) is 6. The van der Waals surface area contributed by atoms with Crippen LogP contribution in [0, 0.1) is 0 Å². The molecule has 3 heterocycles. The van der Waals surface area contributed by atoms with Crippen LogP contribution in [0.2, 0.25) is 5.15 Å². The van der Waals surface area contributed by atoms with Crippen LogP contribution < -0.4 is 15.4 Å². The van der Waals surface area contributed by atoms with E-state index >= 15 is 0 Å². The summed E-state index contributed by atoms with van der Waals surface area (Å²) in [6.07, 6.45) is 3.34. The number of methoxy groups -OCH3 is 1. The van der Waals surface area contributed by atoms with E-state index in [0.29, 0.717) is 39.7 Å². The van der Waals surface area contributed by atoms with Crippen molar-refractivity contribution in [3.63, 3.8) is 0 Å². The number of imidazole rings is 1. The Morgan fingerprint density at radius 3 is 2.80 bits per heavy atom. The van der Waals surface area contributed by atoms with Crippen LogP contribution in [-0.2, 0) is 7.05 Å². The van der Waals surface area contributed by atoms with Crippen molar-refractivity contribution in [1.82, 2.24) is 35.0 Å². The van der Waals surface area contributed by atoms with Gasteiger partial charge in [-0.25, -0.2) is 15.0 Å². The van der Waals surface area contributed by atoms with Crippen molar-refractivity contribution in [2.75, 3.05) is 19.5 Å². The van der Waals surface area contributed by atoms with Crippen molar-refractivity contribution in [2.24, 2.45) is 7.05 Å². The first kappa shape index (κ1) is 19.5. The highest BCUT2D eigenvalue weighted by atomic mass is 35.5. The normalized spacial score (nSPS) is 10.8. The number of carbonyl (C=O) groups excluding carboxylic acids is 1. The van der Waals surface area contributed by atoms with Gasteiger partial charge in [0.25, 0.3) is 5.91 Å². The summed E-state index contributed by atoms with van der Waals surface area (Å²) in [5.74, 6) is 0.570. The number of nitrogens with one attached hydrogen (secondary N) is 2. The largest absolute Gasteiger partial charge is 0.494 e. The lowest BCUT2D eigenvalue weighted by Crippen LogP contribution is -2.21. The van der Waals surface area contributed by atoms with Crippen molar-refractivity contribution in [3.05, 3.63) is 47.6 Å². The second-order valence-electron chi connectivity index (χ2n) is 6.28. The molecule has 1 aromatic carbocycles. The standard InChI is InChI=1S/C19H17ClN8O2/c1-21-19(29)15-12(7-14(20)26-27-15)24-11-6-4-5-10(16(11)30-3)17-22-8-13-18(25-17)28(2)9-23-13/h4-9H,1-3H3,(H,21,29)(H,24,26). The van der Waals surface area contributed by atoms with Gasteiger partial charge < -0.3 is 19.9 Å². The van der Waals surface area contributed by atoms with Crippen LogP contribution in [0.5, 0.6) is 5.75 Å². The van der Waals surface area contributed by atoms with Gasteiger partial charge in [0.2, 0.25) is 0 Å². The topological polar surface area (TPSA) is 120 Å². The van der Waals surface area contributed by atoms with Crippen LogP contribution in [0.3, 0.4) is 0 Å². The zero-order chi connectivity index (χ0) is 21.3. The van der Waals surface area contributed by atoms with E-state index in [1.54, 1.807) is 25.7 Å². The quantitative estimate of drug-likeness (QED) is 0.501. The fourth-order valence-electron chi connectivity index (χ4n) is 2.98. The van der Waals surface area contributed by atoms with Gasteiger partial charge in [0.15, 0.2) is 28.1 Å². The summed E-state index contributed by atoms with van der Waals surface area (Å²) >= 11 is 5.99. The van der Waals surface area contributed by atoms with Crippen LogP contribution in [0.4, 0.5) is 11.4 Å². The fraction of sp³-hybridized carbons (Fsp3) is 0.158. The molecule has 0 aliphatic heterocycles. The number of halogens is 1. The number of rotatable bonds is 5. The number of hydrogen-bond donors (Lipinski definition) is 2. The Bertz CT molecular complexity index is 1260. The fourth-order valence-corrected chi connectivity index (χ4v) is 3.12. The van der Waals surface area contributed by atoms with E-state index in [0.717, 1.165) is 0 Å². The maximum absolute atomic E-state index is 12.2. The zero-order valence-corrected chi connectivity index (χ0v) is 17.1. The summed E-state index contributed by atoms with van der Waals surface area (Å²) < 4.78 is 7.46. The molecular weight excluding hydrogens is 408 g/mol. The third kappa shape index (κ3) is 3.48. The minimum absolute atomic E-state index is 0.0990. The first-order valence-electron chi connectivity index (χ1n) is 8.85. The Hall–Kier alpha value is -3.79. The molecule has 10 nitrogen and oxygen atoms in total. The van der Waals surface area contributed by atoms with Crippen LogP contribution in [0.25, 0.3) is 22.6 Å². The molecular formula is C19H17ClN8O2. The van der Waals surface area contributed by atoms with E-state index in [9.17, 15) is 4.79 Å². The molecule has 3 aromatic heterocycles. The van der Waals surface area contributed by atoms with E-state index < -0.39 is 5.91 Å². The molecule has 0 radical (unpaired) electrons. The monoisotopic (exact) mass is 424 g/mol. The van der Waals surface area contributed by atoms with E-state index in [1.807, 2.05) is 23.7 Å². The molecule has 152 valence electrons. The number of para-hydroxylation sites is 1. The summed E-state index contributed by atoms with van der Waals surface area (Å²) in [5, 5.41) is 13.5. The summed E-state index contributed by atoms with van der Waals surface area (Å²) in [7, 11) is 4.92. The number of hydrogen-bond acceptors (Lipinski definition) is 8. The number of aromatic nitrogens is 6. The number of fused-ring (bicyclic) bond motifs is 1. The molecule has 0 atom stereocenters. The smallest absolute Gasteiger partial charge is 0.273 e. The molecule has 2 N–H and O–H groups in total. The average molecular weight is 425 g/mol. The molecule has 1 amide bonds. The number of ether oxygens (including phenoxy) is 1. The Morgan fingerprint density at radius 1 is 1.20 bits per heavy atom. The number of amides is 1. The number of anilines is 2. The van der Waals surface area contributed by atoms with Gasteiger partial charge in [-0.15, -0.1) is 10.2 Å². The van der Waals surface area contributed by atoms with Crippen molar-refractivity contribution in [2.45, 2.75) is 0 Å². The van der Waals surface area contributed by atoms with Gasteiger partial charge in [-0.05, 0) is 12.1 Å². The Morgan fingerprint density at radius 2 is 2.03 bits per heavy atom. The van der Waals surface area contributed by atoms with Crippen molar-refractivity contribution in [1.29, 1.82) is 0 Å². The Balaban J connectivity index is 1.80. The lowest BCUT2D eigenvalue weighted by atomic mass is 10.1. The molecule has 0 aliphatic rings. The molecule has 4 aromatic rings. The zero-order valence-electron chi connectivity index (χ0n) is 16.3. The molecule has 0 saturated carbocycles. The predicted molar refractivity (Wildman–Crippen MR) is 112 cm³/mol. The highest BCUT2D eigenvalue weighted by Gasteiger charge is 2.18. The third-order valence-electron chi connectivity index (χ3n) is 4.39. The Labute approximate surface area is 176 Å². The molecule has 0 fully saturated rings. The van der Waals surface area contributed by atoms with E-state index in [4.69, 9.17) is 16.3 Å². The van der Waals surface area contributed by atoms with Gasteiger partial charge in [-0.3, -0.25) is 4.79 Å². The van der Waals surface area contributed by atoms with Gasteiger partial charge in [-0.2, -0.15) is 0 Å². The summed E-state index contributed by atoms with van der Waals surface area (Å²) in [4.78, 5) is 25.4. The third-order valence-corrected chi connectivity index (χ3v) is 4.57. The first-order valence-corrected chi connectivity index (χ1v) is 9.23. The summed E-state index contributed by atoms with van der Waals surface area (Å²) in [5.41, 5.74) is 3.13. The van der Waals surface area contributed by atoms with Gasteiger partial charge in [0, 0.05) is 20.2 Å². The van der Waals surface area contributed by atoms with Crippen LogP contribution in [0.1, 0.15) is 10.5 Å². The molecule has 0 spiro atoms. The molecule has 4 rings (SSSR count). The maximum atomic E-state index is 12.2. The average Bonchev–Trinajstić information content (AvgIpc) is 3.13. The number of carbonyl (C=O) groups is 1. The van der Waals surface area contributed by atoms with Crippen molar-refractivity contribution in [3.8, 4) is 17.1 Å². The maximum Gasteiger partial charge on any atom is 0.273 e. The Kier molecular flexibility index (Phi) is 5.15. The lowest BCUT2D eigenvalue weighted by Gasteiger charge is -2.16. The summed E-state index contributed by atoms with van der Waals surface area (Å²) in [6, 6.07) is 6.99. The highest BCUT2D eigenvalue weighted by molar-refractivity contribution is 6.29. The van der Waals surface area contributed by atoms with Crippen LogP contribution in [0.15, 0.2) is 36.8 Å². The van der Waals surface area contributed by atoms with Gasteiger partial charge in [-0.1, -0.05) is 17.7 Å². The van der Waals surface area contributed by atoms with Crippen LogP contribution in [-0.4, -0.2) is 49.8 Å². The number of benzene rings is 1. The van der Waals surface area contributed by atoms with E-state index in [-0.39, 0.29) is 10.8 Å². The SMILES string of the molecule is CNC(=O)c1nnc(Cl)cc1Nc1cccc(-c2ncc3ncn(C)c3n2)c1OC. The van der Waals surface area contributed by atoms with E-state index in [1.165, 1.54) is 13.1 Å². The van der Waals surface area contributed by atoms with E-state index in [2.05, 4.69) is 35.8 Å². The highest BCUT2D eigenvalue weighted by Crippen LogP contribution is 2.37. The molecule has 0 saturated heterocycles. The minimum atomic E-state index is -0.401. The summed E-state index contributed by atoms with van der Waals surface area (Å²) in [6.45, 7) is 0. The molecule has 0 unspecified atom stereocenters.